The average Bonchev–Trinajstić information content (AvgIpc) is 2.31. The number of aliphatic imine (C=N–C) groups is 1. The Labute approximate surface area is 102 Å². The van der Waals surface area contributed by atoms with Crippen LogP contribution >= 0.6 is 0 Å². The van der Waals surface area contributed by atoms with E-state index in [-0.39, 0.29) is 11.2 Å². The van der Waals surface area contributed by atoms with Crippen molar-refractivity contribution in [3.8, 4) is 11.5 Å². The molecule has 0 fully saturated rings. The Hall–Kier alpha value is -1.55. The third-order valence-corrected chi connectivity index (χ3v) is 2.55. The predicted molar refractivity (Wildman–Crippen MR) is 70.0 cm³/mol. The lowest BCUT2D eigenvalue weighted by Crippen LogP contribution is -2.26. The molecule has 4 heteroatoms. The molecule has 0 aliphatic rings. The number of phenols is 1. The quantitative estimate of drug-likeness (QED) is 0.766. The highest BCUT2D eigenvalue weighted by molar-refractivity contribution is 5.84. The third kappa shape index (κ3) is 3.75. The molecule has 0 unspecified atom stereocenters. The smallest absolute Gasteiger partial charge is 0.166 e. The van der Waals surface area contributed by atoms with E-state index in [4.69, 9.17) is 10.5 Å². The number of para-hydroxylation sites is 1. The highest BCUT2D eigenvalue weighted by atomic mass is 16.5. The Morgan fingerprint density at radius 3 is 2.76 bits per heavy atom. The fourth-order valence-corrected chi connectivity index (χ4v) is 1.26. The number of ether oxygens (including phenoxy) is 1. The van der Waals surface area contributed by atoms with E-state index in [1.54, 1.807) is 18.3 Å². The van der Waals surface area contributed by atoms with Crippen molar-refractivity contribution in [1.29, 1.82) is 0 Å². The van der Waals surface area contributed by atoms with Gasteiger partial charge in [0.2, 0.25) is 0 Å². The topological polar surface area (TPSA) is 67.8 Å². The number of nitrogens with zero attached hydrogens (tertiary/aromatic N) is 1. The van der Waals surface area contributed by atoms with Gasteiger partial charge in [-0.25, -0.2) is 0 Å². The maximum absolute atomic E-state index is 9.83. The molecule has 94 valence electrons. The second-order valence-electron chi connectivity index (χ2n) is 4.74. The maximum Gasteiger partial charge on any atom is 0.166 e. The summed E-state index contributed by atoms with van der Waals surface area (Å²) in [5.41, 5.74) is 6.25. The van der Waals surface area contributed by atoms with E-state index in [1.165, 1.54) is 7.11 Å². The fraction of sp³-hybridized carbons (Fsp3) is 0.462. The summed E-state index contributed by atoms with van der Waals surface area (Å²) in [6, 6.07) is 5.31. The highest BCUT2D eigenvalue weighted by Gasteiger charge is 2.14. The van der Waals surface area contributed by atoms with Gasteiger partial charge >= 0.3 is 0 Å². The molecule has 0 spiro atoms. The molecule has 3 N–H and O–H groups in total. The van der Waals surface area contributed by atoms with Crippen LogP contribution in [-0.2, 0) is 0 Å². The minimum absolute atomic E-state index is 0.0228. The lowest BCUT2D eigenvalue weighted by Gasteiger charge is -2.18. The molecule has 4 nitrogen and oxygen atoms in total. The van der Waals surface area contributed by atoms with Crippen molar-refractivity contribution in [2.75, 3.05) is 20.2 Å². The lowest BCUT2D eigenvalue weighted by molar-refractivity contribution is 0.373. The van der Waals surface area contributed by atoms with E-state index >= 15 is 0 Å². The molecule has 1 rings (SSSR count). The Morgan fingerprint density at radius 1 is 1.47 bits per heavy atom. The van der Waals surface area contributed by atoms with Crippen LogP contribution in [0, 0.1) is 5.41 Å². The number of hydrogen-bond acceptors (Lipinski definition) is 4. The summed E-state index contributed by atoms with van der Waals surface area (Å²) < 4.78 is 5.02. The molecule has 1 aromatic rings. The van der Waals surface area contributed by atoms with Crippen LogP contribution in [0.4, 0.5) is 0 Å². The zero-order valence-corrected chi connectivity index (χ0v) is 10.6. The van der Waals surface area contributed by atoms with Crippen LogP contribution in [0.3, 0.4) is 0 Å². The number of rotatable bonds is 5. The molecule has 0 aromatic heterocycles. The number of aromatic hydroxyl groups is 1. The van der Waals surface area contributed by atoms with Crippen molar-refractivity contribution < 1.29 is 9.84 Å². The zero-order valence-electron chi connectivity index (χ0n) is 10.6. The molecule has 0 saturated carbocycles. The Kier molecular flexibility index (Phi) is 4.52. The molecular weight excluding hydrogens is 216 g/mol. The summed E-state index contributed by atoms with van der Waals surface area (Å²) >= 11 is 0. The zero-order chi connectivity index (χ0) is 12.9. The molecular formula is C13H20N2O2. The van der Waals surface area contributed by atoms with Crippen LogP contribution < -0.4 is 10.5 Å². The number of benzene rings is 1. The van der Waals surface area contributed by atoms with Gasteiger partial charge in [-0.3, -0.25) is 4.99 Å². The van der Waals surface area contributed by atoms with Crippen LogP contribution in [0.15, 0.2) is 23.2 Å². The van der Waals surface area contributed by atoms with Gasteiger partial charge in [0.25, 0.3) is 0 Å². The first-order valence-corrected chi connectivity index (χ1v) is 5.56. The molecule has 0 aliphatic heterocycles. The van der Waals surface area contributed by atoms with E-state index < -0.39 is 0 Å². The number of phenolic OH excluding ortho intramolecular Hbond substituents is 1. The molecule has 0 amide bonds. The first kappa shape index (κ1) is 13.5. The van der Waals surface area contributed by atoms with Crippen LogP contribution in [-0.4, -0.2) is 31.5 Å². The first-order valence-electron chi connectivity index (χ1n) is 5.56. The van der Waals surface area contributed by atoms with Gasteiger partial charge in [-0.2, -0.15) is 0 Å². The summed E-state index contributed by atoms with van der Waals surface area (Å²) in [5, 5.41) is 9.83. The molecule has 0 atom stereocenters. The largest absolute Gasteiger partial charge is 0.504 e. The van der Waals surface area contributed by atoms with Crippen molar-refractivity contribution in [2.24, 2.45) is 16.1 Å². The van der Waals surface area contributed by atoms with E-state index in [9.17, 15) is 5.11 Å². The van der Waals surface area contributed by atoms with Gasteiger partial charge in [-0.05, 0) is 24.1 Å². The molecule has 0 aliphatic carbocycles. The van der Waals surface area contributed by atoms with E-state index in [0.29, 0.717) is 24.4 Å². The Morgan fingerprint density at radius 2 is 2.18 bits per heavy atom. The van der Waals surface area contributed by atoms with E-state index in [0.717, 1.165) is 0 Å². The fourth-order valence-electron chi connectivity index (χ4n) is 1.26. The summed E-state index contributed by atoms with van der Waals surface area (Å²) in [5.74, 6) is 0.566. The normalized spacial score (nSPS) is 12.0. The standard InChI is InChI=1S/C13H20N2O2/c1-13(2,8-14)9-15-7-10-5-4-6-11(17-3)12(10)16/h4-7,16H,8-9,14H2,1-3H3. The van der Waals surface area contributed by atoms with Crippen LogP contribution in [0.5, 0.6) is 11.5 Å². The molecule has 0 radical (unpaired) electrons. The highest BCUT2D eigenvalue weighted by Crippen LogP contribution is 2.28. The first-order chi connectivity index (χ1) is 8.00. The minimum atomic E-state index is -0.0228. The molecule has 0 heterocycles. The molecule has 0 saturated heterocycles. The van der Waals surface area contributed by atoms with Gasteiger partial charge in [-0.1, -0.05) is 19.9 Å². The summed E-state index contributed by atoms with van der Waals surface area (Å²) in [7, 11) is 1.52. The van der Waals surface area contributed by atoms with Crippen LogP contribution in [0.25, 0.3) is 0 Å². The minimum Gasteiger partial charge on any atom is -0.504 e. The van der Waals surface area contributed by atoms with Crippen molar-refractivity contribution in [1.82, 2.24) is 0 Å². The van der Waals surface area contributed by atoms with E-state index in [2.05, 4.69) is 18.8 Å². The van der Waals surface area contributed by atoms with Gasteiger partial charge in [-0.15, -0.1) is 0 Å². The van der Waals surface area contributed by atoms with Crippen molar-refractivity contribution in [3.63, 3.8) is 0 Å². The van der Waals surface area contributed by atoms with Gasteiger partial charge < -0.3 is 15.6 Å². The molecule has 17 heavy (non-hydrogen) atoms. The Bertz CT molecular complexity index is 400. The van der Waals surface area contributed by atoms with Gasteiger partial charge in [0, 0.05) is 18.3 Å². The van der Waals surface area contributed by atoms with Crippen LogP contribution in [0.2, 0.25) is 0 Å². The lowest BCUT2D eigenvalue weighted by atomic mass is 9.94. The van der Waals surface area contributed by atoms with E-state index in [1.807, 2.05) is 6.07 Å². The maximum atomic E-state index is 9.83. The Balaban J connectivity index is 2.78. The number of nitrogens with two attached hydrogens (primary N) is 1. The number of methoxy groups -OCH3 is 1. The summed E-state index contributed by atoms with van der Waals surface area (Å²) in [6.07, 6.45) is 1.65. The summed E-state index contributed by atoms with van der Waals surface area (Å²) in [6.45, 7) is 5.31. The molecule has 1 aromatic carbocycles. The van der Waals surface area contributed by atoms with Gasteiger partial charge in [0.1, 0.15) is 0 Å². The summed E-state index contributed by atoms with van der Waals surface area (Å²) in [4.78, 5) is 4.30. The number of hydrogen-bond donors (Lipinski definition) is 2. The third-order valence-electron chi connectivity index (χ3n) is 2.55. The van der Waals surface area contributed by atoms with Crippen LogP contribution in [0.1, 0.15) is 19.4 Å². The second kappa shape index (κ2) is 5.68. The average molecular weight is 236 g/mol. The monoisotopic (exact) mass is 236 g/mol. The van der Waals surface area contributed by atoms with Gasteiger partial charge in [0.05, 0.1) is 7.11 Å². The van der Waals surface area contributed by atoms with Gasteiger partial charge in [0.15, 0.2) is 11.5 Å². The van der Waals surface area contributed by atoms with Crippen molar-refractivity contribution in [2.45, 2.75) is 13.8 Å². The molecule has 0 bridgehead atoms. The predicted octanol–water partition coefficient (Wildman–Crippen LogP) is 1.80. The van der Waals surface area contributed by atoms with Crippen molar-refractivity contribution in [3.05, 3.63) is 23.8 Å². The van der Waals surface area contributed by atoms with Crippen molar-refractivity contribution >= 4 is 6.21 Å². The SMILES string of the molecule is COc1cccc(C=NCC(C)(C)CN)c1O. The second-order valence-corrected chi connectivity index (χ2v) is 4.74.